The van der Waals surface area contributed by atoms with Crippen molar-refractivity contribution in [1.82, 2.24) is 0 Å². The third-order valence-electron chi connectivity index (χ3n) is 3.01. The van der Waals surface area contributed by atoms with E-state index in [0.717, 1.165) is 12.0 Å². The molecule has 1 heterocycles. The monoisotopic (exact) mass is 211 g/mol. The van der Waals surface area contributed by atoms with Gasteiger partial charge in [-0.15, -0.1) is 0 Å². The summed E-state index contributed by atoms with van der Waals surface area (Å²) in [7, 11) is 1.38. The lowest BCUT2D eigenvalue weighted by Crippen LogP contribution is -2.48. The van der Waals surface area contributed by atoms with Gasteiger partial charge in [0.15, 0.2) is 0 Å². The van der Waals surface area contributed by atoms with Crippen LogP contribution in [-0.4, -0.2) is 13.1 Å². The van der Waals surface area contributed by atoms with Crippen molar-refractivity contribution >= 4 is 17.3 Å². The molecule has 0 saturated heterocycles. The Hall–Kier alpha value is -0.870. The molecule has 2 atom stereocenters. The summed E-state index contributed by atoms with van der Waals surface area (Å²) >= 11 is 1.59. The van der Waals surface area contributed by atoms with Gasteiger partial charge in [0.25, 0.3) is 0 Å². The predicted molar refractivity (Wildman–Crippen MR) is 55.1 cm³/mol. The van der Waals surface area contributed by atoms with Crippen molar-refractivity contribution in [3.63, 3.8) is 0 Å². The highest BCUT2D eigenvalue weighted by Gasteiger charge is 2.48. The molecule has 0 radical (unpaired) electrons. The number of fused-ring (bicyclic) bond motifs is 1. The second-order valence-corrected chi connectivity index (χ2v) is 4.52. The highest BCUT2D eigenvalue weighted by Crippen LogP contribution is 2.41. The molecule has 3 nitrogen and oxygen atoms in total. The topological polar surface area (TPSA) is 52.3 Å². The van der Waals surface area contributed by atoms with Gasteiger partial charge in [0.2, 0.25) is 0 Å². The molecule has 0 bridgehead atoms. The van der Waals surface area contributed by atoms with Crippen LogP contribution in [0, 0.1) is 5.92 Å². The zero-order chi connectivity index (χ0) is 10.3. The first-order chi connectivity index (χ1) is 6.60. The third-order valence-corrected chi connectivity index (χ3v) is 3.81. The van der Waals surface area contributed by atoms with E-state index in [1.165, 1.54) is 12.7 Å². The number of hydrogen-bond donors (Lipinski definition) is 1. The van der Waals surface area contributed by atoms with E-state index in [1.54, 1.807) is 11.3 Å². The van der Waals surface area contributed by atoms with Crippen LogP contribution in [0.1, 0.15) is 18.1 Å². The normalized spacial score (nSPS) is 30.1. The molecule has 0 spiro atoms. The predicted octanol–water partition coefficient (Wildman–Crippen LogP) is 1.27. The zero-order valence-electron chi connectivity index (χ0n) is 8.24. The molecule has 0 aliphatic heterocycles. The van der Waals surface area contributed by atoms with E-state index in [1.807, 2.05) is 12.3 Å². The zero-order valence-corrected chi connectivity index (χ0v) is 9.06. The van der Waals surface area contributed by atoms with Crippen molar-refractivity contribution in [1.29, 1.82) is 0 Å². The van der Waals surface area contributed by atoms with Gasteiger partial charge in [-0.1, -0.05) is 6.92 Å². The van der Waals surface area contributed by atoms with Crippen molar-refractivity contribution in [2.24, 2.45) is 11.7 Å². The van der Waals surface area contributed by atoms with Crippen LogP contribution in [-0.2, 0) is 21.5 Å². The van der Waals surface area contributed by atoms with Gasteiger partial charge >= 0.3 is 5.97 Å². The highest BCUT2D eigenvalue weighted by atomic mass is 32.1. The van der Waals surface area contributed by atoms with E-state index in [0.29, 0.717) is 0 Å². The summed E-state index contributed by atoms with van der Waals surface area (Å²) < 4.78 is 4.77. The second-order valence-electron chi connectivity index (χ2n) is 3.78. The molecule has 14 heavy (non-hydrogen) atoms. The summed E-state index contributed by atoms with van der Waals surface area (Å²) in [6.45, 7) is 1.99. The van der Waals surface area contributed by atoms with Gasteiger partial charge in [0.05, 0.1) is 7.11 Å². The molecule has 0 saturated carbocycles. The molecule has 2 unspecified atom stereocenters. The van der Waals surface area contributed by atoms with Crippen LogP contribution in [0.2, 0.25) is 0 Å². The van der Waals surface area contributed by atoms with Crippen LogP contribution in [0.3, 0.4) is 0 Å². The minimum atomic E-state index is -0.927. The van der Waals surface area contributed by atoms with Gasteiger partial charge < -0.3 is 10.5 Å². The molecule has 0 fully saturated rings. The number of nitrogens with two attached hydrogens (primary N) is 1. The first kappa shape index (κ1) is 9.68. The summed E-state index contributed by atoms with van der Waals surface area (Å²) in [5.74, 6) is -0.213. The summed E-state index contributed by atoms with van der Waals surface area (Å²) in [4.78, 5) is 11.7. The van der Waals surface area contributed by atoms with Gasteiger partial charge in [-0.2, -0.15) is 11.3 Å². The Morgan fingerprint density at radius 3 is 3.07 bits per heavy atom. The van der Waals surface area contributed by atoms with Crippen LogP contribution in [0.5, 0.6) is 0 Å². The average Bonchev–Trinajstić information content (AvgIpc) is 2.70. The first-order valence-electron chi connectivity index (χ1n) is 4.53. The smallest absolute Gasteiger partial charge is 0.330 e. The Labute approximate surface area is 86.9 Å². The van der Waals surface area contributed by atoms with Crippen molar-refractivity contribution in [3.8, 4) is 0 Å². The van der Waals surface area contributed by atoms with E-state index >= 15 is 0 Å². The van der Waals surface area contributed by atoms with Crippen LogP contribution in [0.4, 0.5) is 0 Å². The molecule has 0 aromatic carbocycles. The van der Waals surface area contributed by atoms with Gasteiger partial charge in [0, 0.05) is 0 Å². The first-order valence-corrected chi connectivity index (χ1v) is 5.47. The molecule has 2 N–H and O–H groups in total. The fourth-order valence-corrected chi connectivity index (χ4v) is 3.02. The van der Waals surface area contributed by atoms with E-state index < -0.39 is 5.54 Å². The number of rotatable bonds is 1. The number of carbonyl (C=O) groups is 1. The number of carbonyl (C=O) groups excluding carboxylic acids is 1. The highest BCUT2D eigenvalue weighted by molar-refractivity contribution is 7.08. The lowest BCUT2D eigenvalue weighted by Gasteiger charge is -2.26. The molecule has 0 amide bonds. The van der Waals surface area contributed by atoms with E-state index in [4.69, 9.17) is 10.5 Å². The Bertz CT molecular complexity index is 374. The molecule has 2 rings (SSSR count). The van der Waals surface area contributed by atoms with Gasteiger partial charge in [-0.05, 0) is 34.2 Å². The van der Waals surface area contributed by atoms with Crippen LogP contribution in [0.15, 0.2) is 10.8 Å². The van der Waals surface area contributed by atoms with Crippen LogP contribution in [0.25, 0.3) is 0 Å². The largest absolute Gasteiger partial charge is 0.467 e. The minimum absolute atomic E-state index is 0.119. The Morgan fingerprint density at radius 2 is 2.43 bits per heavy atom. The van der Waals surface area contributed by atoms with Gasteiger partial charge in [-0.25, -0.2) is 4.79 Å². The summed E-state index contributed by atoms with van der Waals surface area (Å²) in [6.07, 6.45) is 0.866. The Kier molecular flexibility index (Phi) is 2.12. The summed E-state index contributed by atoms with van der Waals surface area (Å²) in [5.41, 5.74) is 7.35. The molecule has 1 aromatic heterocycles. The quantitative estimate of drug-likeness (QED) is 0.712. The molecular formula is C10H13NO2S. The molecule has 76 valence electrons. The minimum Gasteiger partial charge on any atom is -0.467 e. The second kappa shape index (κ2) is 3.07. The Morgan fingerprint density at radius 1 is 1.71 bits per heavy atom. The number of methoxy groups -OCH3 is 1. The lowest BCUT2D eigenvalue weighted by atomic mass is 9.87. The number of esters is 1. The van der Waals surface area contributed by atoms with Crippen molar-refractivity contribution in [2.45, 2.75) is 18.9 Å². The van der Waals surface area contributed by atoms with Gasteiger partial charge in [0.1, 0.15) is 5.54 Å². The fourth-order valence-electron chi connectivity index (χ4n) is 2.08. The van der Waals surface area contributed by atoms with Crippen LogP contribution >= 0.6 is 11.3 Å². The SMILES string of the molecule is COC(=O)C1(N)c2cscc2CC1C. The van der Waals surface area contributed by atoms with Crippen LogP contribution < -0.4 is 5.73 Å². The summed E-state index contributed by atoms with van der Waals surface area (Å²) in [6, 6.07) is 0. The molecule has 4 heteroatoms. The molecule has 1 aromatic rings. The van der Waals surface area contributed by atoms with Crippen molar-refractivity contribution < 1.29 is 9.53 Å². The lowest BCUT2D eigenvalue weighted by molar-refractivity contribution is -0.149. The number of thiophene rings is 1. The standard InChI is InChI=1S/C10H13NO2S/c1-6-3-7-4-14-5-8(7)10(6,11)9(12)13-2/h4-6H,3,11H2,1-2H3. The molecule has 1 aliphatic carbocycles. The third kappa shape index (κ3) is 1.04. The van der Waals surface area contributed by atoms with E-state index in [-0.39, 0.29) is 11.9 Å². The maximum atomic E-state index is 11.7. The number of ether oxygens (including phenoxy) is 1. The van der Waals surface area contributed by atoms with E-state index in [9.17, 15) is 4.79 Å². The summed E-state index contributed by atoms with van der Waals surface area (Å²) in [5, 5.41) is 4.01. The van der Waals surface area contributed by atoms with Gasteiger partial charge in [-0.3, -0.25) is 0 Å². The van der Waals surface area contributed by atoms with E-state index in [2.05, 4.69) is 5.38 Å². The maximum Gasteiger partial charge on any atom is 0.330 e. The Balaban J connectivity index is 2.49. The maximum absolute atomic E-state index is 11.7. The number of hydrogen-bond acceptors (Lipinski definition) is 4. The molecular weight excluding hydrogens is 198 g/mol. The average molecular weight is 211 g/mol. The molecule has 1 aliphatic rings. The van der Waals surface area contributed by atoms with Crippen molar-refractivity contribution in [3.05, 3.63) is 21.9 Å². The fraction of sp³-hybridized carbons (Fsp3) is 0.500. The van der Waals surface area contributed by atoms with Crippen molar-refractivity contribution in [2.75, 3.05) is 7.11 Å².